The van der Waals surface area contributed by atoms with E-state index in [1.54, 1.807) is 4.90 Å². The largest absolute Gasteiger partial charge is 0.480 e. The number of aryl methyl sites for hydroxylation is 1. The van der Waals surface area contributed by atoms with E-state index in [9.17, 15) is 4.79 Å². The van der Waals surface area contributed by atoms with Crippen LogP contribution in [0.3, 0.4) is 0 Å². The van der Waals surface area contributed by atoms with Crippen LogP contribution in [-0.2, 0) is 16.0 Å². The summed E-state index contributed by atoms with van der Waals surface area (Å²) in [6, 6.07) is 8.68. The molecule has 1 unspecified atom stereocenters. The van der Waals surface area contributed by atoms with E-state index in [0.717, 1.165) is 32.7 Å². The Labute approximate surface area is 132 Å². The minimum Gasteiger partial charge on any atom is -0.480 e. The molecule has 1 aromatic carbocycles. The highest BCUT2D eigenvalue weighted by Gasteiger charge is 2.22. The molecule has 0 radical (unpaired) electrons. The van der Waals surface area contributed by atoms with Crippen LogP contribution in [0.4, 0.5) is 0 Å². The third kappa shape index (κ3) is 5.75. The second kappa shape index (κ2) is 8.27. The predicted octanol–water partition coefficient (Wildman–Crippen LogP) is 1.25. The summed E-state index contributed by atoms with van der Waals surface area (Å²) in [5, 5.41) is 8.80. The normalized spacial score (nSPS) is 19.5. The van der Waals surface area contributed by atoms with Crippen molar-refractivity contribution in [1.29, 1.82) is 0 Å². The highest BCUT2D eigenvalue weighted by molar-refractivity contribution is 5.69. The molecule has 0 aliphatic carbocycles. The molecule has 0 spiro atoms. The maximum absolute atomic E-state index is 10.7. The van der Waals surface area contributed by atoms with Crippen molar-refractivity contribution in [3.05, 3.63) is 35.4 Å². The molecule has 1 aliphatic heterocycles. The number of ether oxygens (including phenoxy) is 1. The van der Waals surface area contributed by atoms with Crippen LogP contribution in [0.1, 0.15) is 11.1 Å². The van der Waals surface area contributed by atoms with Crippen molar-refractivity contribution in [2.24, 2.45) is 0 Å². The Morgan fingerprint density at radius 2 is 2.14 bits per heavy atom. The van der Waals surface area contributed by atoms with E-state index < -0.39 is 5.97 Å². The molecule has 0 aromatic heterocycles. The lowest BCUT2D eigenvalue weighted by Crippen LogP contribution is -2.48. The predicted molar refractivity (Wildman–Crippen MR) is 86.2 cm³/mol. The SMILES string of the molecule is Cc1ccc(CCN2CCOC(CN(C)CC(=O)O)C2)cc1. The van der Waals surface area contributed by atoms with Gasteiger partial charge in [-0.05, 0) is 26.0 Å². The van der Waals surface area contributed by atoms with E-state index in [1.165, 1.54) is 11.1 Å². The zero-order valence-electron chi connectivity index (χ0n) is 13.5. The number of carbonyl (C=O) groups is 1. The number of benzene rings is 1. The molecule has 5 heteroatoms. The summed E-state index contributed by atoms with van der Waals surface area (Å²) in [5.74, 6) is -0.797. The van der Waals surface area contributed by atoms with Gasteiger partial charge >= 0.3 is 5.97 Å². The van der Waals surface area contributed by atoms with Crippen LogP contribution < -0.4 is 0 Å². The van der Waals surface area contributed by atoms with Gasteiger partial charge in [-0.3, -0.25) is 14.6 Å². The molecule has 1 atom stereocenters. The summed E-state index contributed by atoms with van der Waals surface area (Å²) in [6.07, 6.45) is 1.13. The fourth-order valence-corrected chi connectivity index (χ4v) is 2.78. The summed E-state index contributed by atoms with van der Waals surface area (Å²) >= 11 is 0. The van der Waals surface area contributed by atoms with Crippen LogP contribution in [0.5, 0.6) is 0 Å². The fraction of sp³-hybridized carbons (Fsp3) is 0.588. The first kappa shape index (κ1) is 16.9. The van der Waals surface area contributed by atoms with Crippen molar-refractivity contribution >= 4 is 5.97 Å². The lowest BCUT2D eigenvalue weighted by molar-refractivity contribution is -0.138. The number of aliphatic carboxylic acids is 1. The molecule has 0 saturated carbocycles. The van der Waals surface area contributed by atoms with E-state index in [4.69, 9.17) is 9.84 Å². The summed E-state index contributed by atoms with van der Waals surface area (Å²) in [6.45, 7) is 6.38. The Bertz CT molecular complexity index is 475. The Hall–Kier alpha value is -1.43. The molecule has 1 heterocycles. The average Bonchev–Trinajstić information content (AvgIpc) is 2.46. The zero-order chi connectivity index (χ0) is 15.9. The molecule has 1 aromatic rings. The first-order valence-electron chi connectivity index (χ1n) is 7.83. The summed E-state index contributed by atoms with van der Waals surface area (Å²) in [5.41, 5.74) is 2.65. The Kier molecular flexibility index (Phi) is 6.36. The summed E-state index contributed by atoms with van der Waals surface area (Å²) in [4.78, 5) is 14.9. The van der Waals surface area contributed by atoms with Crippen LogP contribution in [0.25, 0.3) is 0 Å². The number of carboxylic acids is 1. The lowest BCUT2D eigenvalue weighted by Gasteiger charge is -2.34. The molecule has 122 valence electrons. The van der Waals surface area contributed by atoms with Gasteiger partial charge in [0.1, 0.15) is 0 Å². The van der Waals surface area contributed by atoms with E-state index in [-0.39, 0.29) is 12.6 Å². The van der Waals surface area contributed by atoms with Crippen LogP contribution in [0, 0.1) is 6.92 Å². The Morgan fingerprint density at radius 1 is 1.41 bits per heavy atom. The number of morpholine rings is 1. The van der Waals surface area contributed by atoms with Gasteiger partial charge in [0.05, 0.1) is 19.3 Å². The van der Waals surface area contributed by atoms with Crippen LogP contribution in [-0.4, -0.2) is 73.4 Å². The zero-order valence-corrected chi connectivity index (χ0v) is 13.5. The first-order valence-corrected chi connectivity index (χ1v) is 7.83. The number of nitrogens with zero attached hydrogens (tertiary/aromatic N) is 2. The molecular formula is C17H26N2O3. The number of likely N-dealkylation sites (N-methyl/N-ethyl adjacent to an activating group) is 1. The van der Waals surface area contributed by atoms with Gasteiger partial charge in [0.15, 0.2) is 0 Å². The van der Waals surface area contributed by atoms with Crippen molar-refractivity contribution in [2.75, 3.05) is 46.4 Å². The molecule has 1 aliphatic rings. The Balaban J connectivity index is 1.75. The second-order valence-electron chi connectivity index (χ2n) is 6.12. The third-order valence-electron chi connectivity index (χ3n) is 3.98. The van der Waals surface area contributed by atoms with E-state index >= 15 is 0 Å². The van der Waals surface area contributed by atoms with Gasteiger partial charge in [0.2, 0.25) is 0 Å². The van der Waals surface area contributed by atoms with Gasteiger partial charge in [-0.2, -0.15) is 0 Å². The number of hydrogen-bond acceptors (Lipinski definition) is 4. The minimum absolute atomic E-state index is 0.0588. The van der Waals surface area contributed by atoms with Crippen LogP contribution in [0.15, 0.2) is 24.3 Å². The fourth-order valence-electron chi connectivity index (χ4n) is 2.78. The maximum atomic E-state index is 10.7. The van der Waals surface area contributed by atoms with E-state index in [2.05, 4.69) is 36.1 Å². The monoisotopic (exact) mass is 306 g/mol. The van der Waals surface area contributed by atoms with Gasteiger partial charge in [-0.25, -0.2) is 0 Å². The molecule has 22 heavy (non-hydrogen) atoms. The maximum Gasteiger partial charge on any atom is 0.317 e. The third-order valence-corrected chi connectivity index (χ3v) is 3.98. The number of hydrogen-bond donors (Lipinski definition) is 1. The quantitative estimate of drug-likeness (QED) is 0.822. The standard InChI is InChI=1S/C17H26N2O3/c1-14-3-5-15(6-4-14)7-8-19-9-10-22-16(12-19)11-18(2)13-17(20)21/h3-6,16H,7-13H2,1-2H3,(H,20,21). The highest BCUT2D eigenvalue weighted by Crippen LogP contribution is 2.09. The van der Waals surface area contributed by atoms with Gasteiger partial charge in [-0.1, -0.05) is 29.8 Å². The first-order chi connectivity index (χ1) is 10.5. The van der Waals surface area contributed by atoms with Gasteiger partial charge in [0, 0.05) is 26.2 Å². The Morgan fingerprint density at radius 3 is 2.82 bits per heavy atom. The van der Waals surface area contributed by atoms with Crippen molar-refractivity contribution in [3.8, 4) is 0 Å². The van der Waals surface area contributed by atoms with Gasteiger partial charge < -0.3 is 9.84 Å². The van der Waals surface area contributed by atoms with Gasteiger partial charge in [-0.15, -0.1) is 0 Å². The number of carboxylic acid groups (broad SMARTS) is 1. The van der Waals surface area contributed by atoms with Crippen molar-refractivity contribution in [2.45, 2.75) is 19.4 Å². The van der Waals surface area contributed by atoms with Crippen LogP contribution >= 0.6 is 0 Å². The molecule has 0 bridgehead atoms. The van der Waals surface area contributed by atoms with Crippen molar-refractivity contribution in [3.63, 3.8) is 0 Å². The smallest absolute Gasteiger partial charge is 0.317 e. The molecule has 1 fully saturated rings. The van der Waals surface area contributed by atoms with E-state index in [0.29, 0.717) is 6.54 Å². The molecule has 2 rings (SSSR count). The highest BCUT2D eigenvalue weighted by atomic mass is 16.5. The molecular weight excluding hydrogens is 280 g/mol. The van der Waals surface area contributed by atoms with E-state index in [1.807, 2.05) is 7.05 Å². The van der Waals surface area contributed by atoms with Crippen molar-refractivity contribution < 1.29 is 14.6 Å². The van der Waals surface area contributed by atoms with Gasteiger partial charge in [0.25, 0.3) is 0 Å². The molecule has 5 nitrogen and oxygen atoms in total. The summed E-state index contributed by atoms with van der Waals surface area (Å²) in [7, 11) is 1.82. The molecule has 1 N–H and O–H groups in total. The average molecular weight is 306 g/mol. The van der Waals surface area contributed by atoms with Crippen molar-refractivity contribution in [1.82, 2.24) is 9.80 Å². The topological polar surface area (TPSA) is 53.0 Å². The number of rotatable bonds is 7. The second-order valence-corrected chi connectivity index (χ2v) is 6.12. The molecule has 1 saturated heterocycles. The molecule has 0 amide bonds. The summed E-state index contributed by atoms with van der Waals surface area (Å²) < 4.78 is 5.75. The van der Waals surface area contributed by atoms with Crippen LogP contribution in [0.2, 0.25) is 0 Å². The minimum atomic E-state index is -0.797. The lowest BCUT2D eigenvalue weighted by atomic mass is 10.1.